The summed E-state index contributed by atoms with van der Waals surface area (Å²) in [4.78, 5) is 4.09. The van der Waals surface area contributed by atoms with E-state index in [2.05, 4.69) is 15.3 Å². The SMILES string of the molecule is Cc1c(C(O)c2c(Cl)ccc3cncn23)nnn1-c1ccc(OCCC(C)(C)O)c(F)c1. The number of nitrogens with zero attached hydrogens (tertiary/aromatic N) is 5. The fourth-order valence-corrected chi connectivity index (χ4v) is 3.63. The molecule has 3 aromatic heterocycles. The smallest absolute Gasteiger partial charge is 0.167 e. The number of rotatable bonds is 7. The second kappa shape index (κ2) is 8.50. The summed E-state index contributed by atoms with van der Waals surface area (Å²) in [7, 11) is 0. The average molecular weight is 460 g/mol. The number of aromatic nitrogens is 5. The monoisotopic (exact) mass is 459 g/mol. The molecule has 168 valence electrons. The Kier molecular flexibility index (Phi) is 5.89. The molecule has 1 aromatic carbocycles. The molecule has 0 amide bonds. The van der Waals surface area contributed by atoms with Gasteiger partial charge in [-0.15, -0.1) is 5.10 Å². The Balaban J connectivity index is 1.61. The van der Waals surface area contributed by atoms with Crippen LogP contribution in [0, 0.1) is 12.7 Å². The molecule has 0 saturated carbocycles. The standard InChI is InChI=1S/C22H23ClFN5O3/c1-13-19(21(30)20-16(23)6-4-15-11-25-12-28(15)20)26-27-29(13)14-5-7-18(17(24)10-14)32-9-8-22(2,3)31/h4-7,10-12,21,30-31H,8-9H2,1-3H3. The van der Waals surface area contributed by atoms with Crippen LogP contribution in [0.1, 0.15) is 43.5 Å². The molecule has 32 heavy (non-hydrogen) atoms. The van der Waals surface area contributed by atoms with Gasteiger partial charge in [0.1, 0.15) is 11.8 Å². The third kappa shape index (κ3) is 4.32. The maximum absolute atomic E-state index is 14.6. The molecule has 0 fully saturated rings. The zero-order valence-corrected chi connectivity index (χ0v) is 18.6. The zero-order valence-electron chi connectivity index (χ0n) is 17.8. The summed E-state index contributed by atoms with van der Waals surface area (Å²) in [6.07, 6.45) is 2.42. The van der Waals surface area contributed by atoms with Crippen molar-refractivity contribution in [1.29, 1.82) is 0 Å². The highest BCUT2D eigenvalue weighted by Gasteiger charge is 2.24. The second-order valence-corrected chi connectivity index (χ2v) is 8.56. The molecule has 4 rings (SSSR count). The molecule has 3 heterocycles. The summed E-state index contributed by atoms with van der Waals surface area (Å²) in [6, 6.07) is 7.90. The first-order chi connectivity index (χ1) is 15.2. The fourth-order valence-electron chi connectivity index (χ4n) is 3.37. The van der Waals surface area contributed by atoms with Crippen molar-refractivity contribution in [2.75, 3.05) is 6.61 Å². The minimum absolute atomic E-state index is 0.0783. The fraction of sp³-hybridized carbons (Fsp3) is 0.318. The van der Waals surface area contributed by atoms with Crippen LogP contribution in [0.15, 0.2) is 42.9 Å². The average Bonchev–Trinajstić information content (AvgIpc) is 3.34. The van der Waals surface area contributed by atoms with Crippen LogP contribution in [-0.4, -0.2) is 46.8 Å². The number of fused-ring (bicyclic) bond motifs is 1. The number of halogens is 2. The number of aliphatic hydroxyl groups excluding tert-OH is 1. The van der Waals surface area contributed by atoms with E-state index < -0.39 is 17.5 Å². The first kappa shape index (κ1) is 22.2. The minimum atomic E-state index is -1.16. The molecule has 0 aliphatic rings. The van der Waals surface area contributed by atoms with Gasteiger partial charge in [-0.05, 0) is 45.0 Å². The molecule has 8 nitrogen and oxygen atoms in total. The van der Waals surface area contributed by atoms with Gasteiger partial charge >= 0.3 is 0 Å². The topological polar surface area (TPSA) is 97.7 Å². The number of hydrogen-bond donors (Lipinski definition) is 2. The molecule has 1 unspecified atom stereocenters. The van der Waals surface area contributed by atoms with Gasteiger partial charge in [0.25, 0.3) is 0 Å². The van der Waals surface area contributed by atoms with E-state index in [4.69, 9.17) is 16.3 Å². The van der Waals surface area contributed by atoms with Crippen LogP contribution in [0.5, 0.6) is 5.75 Å². The largest absolute Gasteiger partial charge is 0.490 e. The van der Waals surface area contributed by atoms with Gasteiger partial charge < -0.3 is 14.9 Å². The van der Waals surface area contributed by atoms with Gasteiger partial charge in [0, 0.05) is 12.5 Å². The molecular formula is C22H23ClFN5O3. The Morgan fingerprint density at radius 2 is 2.03 bits per heavy atom. The van der Waals surface area contributed by atoms with Crippen LogP contribution in [0.25, 0.3) is 11.2 Å². The summed E-state index contributed by atoms with van der Waals surface area (Å²) < 4.78 is 23.1. The highest BCUT2D eigenvalue weighted by molar-refractivity contribution is 6.31. The summed E-state index contributed by atoms with van der Waals surface area (Å²) in [6.45, 7) is 5.23. The number of hydrogen-bond acceptors (Lipinski definition) is 6. The lowest BCUT2D eigenvalue weighted by Crippen LogP contribution is -2.22. The van der Waals surface area contributed by atoms with E-state index in [1.165, 1.54) is 16.8 Å². The minimum Gasteiger partial charge on any atom is -0.490 e. The van der Waals surface area contributed by atoms with Crippen molar-refractivity contribution in [3.63, 3.8) is 0 Å². The summed E-state index contributed by atoms with van der Waals surface area (Å²) in [5.74, 6) is -0.490. The maximum Gasteiger partial charge on any atom is 0.167 e. The predicted molar refractivity (Wildman–Crippen MR) is 117 cm³/mol. The quantitative estimate of drug-likeness (QED) is 0.438. The first-order valence-electron chi connectivity index (χ1n) is 10.0. The van der Waals surface area contributed by atoms with Gasteiger partial charge in [-0.1, -0.05) is 16.8 Å². The van der Waals surface area contributed by atoms with Crippen LogP contribution in [0.3, 0.4) is 0 Å². The van der Waals surface area contributed by atoms with Crippen molar-refractivity contribution in [2.45, 2.75) is 38.9 Å². The summed E-state index contributed by atoms with van der Waals surface area (Å²) in [5, 5.41) is 29.4. The molecule has 0 radical (unpaired) electrons. The van der Waals surface area contributed by atoms with Gasteiger partial charge in [0.05, 0.1) is 52.3 Å². The normalized spacial score (nSPS) is 13.0. The van der Waals surface area contributed by atoms with E-state index in [0.717, 1.165) is 5.52 Å². The van der Waals surface area contributed by atoms with Crippen LogP contribution in [0.2, 0.25) is 5.02 Å². The van der Waals surface area contributed by atoms with E-state index in [-0.39, 0.29) is 12.4 Å². The molecular weight excluding hydrogens is 437 g/mol. The lowest BCUT2D eigenvalue weighted by atomic mass is 10.1. The Hall–Kier alpha value is -3.01. The van der Waals surface area contributed by atoms with Gasteiger partial charge in [0.2, 0.25) is 0 Å². The summed E-state index contributed by atoms with van der Waals surface area (Å²) >= 11 is 6.35. The highest BCUT2D eigenvalue weighted by Crippen LogP contribution is 2.31. The summed E-state index contributed by atoms with van der Waals surface area (Å²) in [5.41, 5.74) is 1.54. The zero-order chi connectivity index (χ0) is 23.0. The maximum atomic E-state index is 14.6. The van der Waals surface area contributed by atoms with Crippen molar-refractivity contribution in [3.05, 3.63) is 70.8 Å². The van der Waals surface area contributed by atoms with Crippen LogP contribution < -0.4 is 4.74 Å². The van der Waals surface area contributed by atoms with Gasteiger partial charge in [-0.2, -0.15) is 0 Å². The molecule has 2 N–H and O–H groups in total. The molecule has 1 atom stereocenters. The van der Waals surface area contributed by atoms with Crippen LogP contribution in [0.4, 0.5) is 4.39 Å². The van der Waals surface area contributed by atoms with Crippen molar-refractivity contribution >= 4 is 17.1 Å². The predicted octanol–water partition coefficient (Wildman–Crippen LogP) is 3.64. The van der Waals surface area contributed by atoms with E-state index in [0.29, 0.717) is 34.2 Å². The van der Waals surface area contributed by atoms with E-state index in [9.17, 15) is 14.6 Å². The van der Waals surface area contributed by atoms with Gasteiger partial charge in [-0.3, -0.25) is 4.40 Å². The van der Waals surface area contributed by atoms with E-state index >= 15 is 0 Å². The third-order valence-electron chi connectivity index (χ3n) is 5.15. The Morgan fingerprint density at radius 3 is 2.75 bits per heavy atom. The molecule has 0 bridgehead atoms. The molecule has 0 spiro atoms. The highest BCUT2D eigenvalue weighted by atomic mass is 35.5. The van der Waals surface area contributed by atoms with E-state index in [1.54, 1.807) is 55.9 Å². The molecule has 0 saturated heterocycles. The molecule has 4 aromatic rings. The third-order valence-corrected chi connectivity index (χ3v) is 5.47. The lowest BCUT2D eigenvalue weighted by molar-refractivity contribution is 0.0547. The molecule has 0 aliphatic carbocycles. The van der Waals surface area contributed by atoms with Gasteiger partial charge in [-0.25, -0.2) is 14.1 Å². The Bertz CT molecular complexity index is 1260. The van der Waals surface area contributed by atoms with Crippen molar-refractivity contribution < 1.29 is 19.3 Å². The number of pyridine rings is 1. The van der Waals surface area contributed by atoms with Crippen molar-refractivity contribution in [2.24, 2.45) is 0 Å². The Labute approximate surface area is 188 Å². The van der Waals surface area contributed by atoms with Crippen molar-refractivity contribution in [3.8, 4) is 11.4 Å². The van der Waals surface area contributed by atoms with Crippen LogP contribution >= 0.6 is 11.6 Å². The number of aliphatic hydroxyl groups is 2. The van der Waals surface area contributed by atoms with Crippen LogP contribution in [-0.2, 0) is 0 Å². The Morgan fingerprint density at radius 1 is 1.25 bits per heavy atom. The molecule has 10 heteroatoms. The number of benzene rings is 1. The van der Waals surface area contributed by atoms with Gasteiger partial charge in [0.15, 0.2) is 11.6 Å². The second-order valence-electron chi connectivity index (χ2n) is 8.16. The lowest BCUT2D eigenvalue weighted by Gasteiger charge is -2.17. The van der Waals surface area contributed by atoms with Crippen molar-refractivity contribution in [1.82, 2.24) is 24.4 Å². The van der Waals surface area contributed by atoms with E-state index in [1.807, 2.05) is 0 Å². The first-order valence-corrected chi connectivity index (χ1v) is 10.4. The molecule has 0 aliphatic heterocycles. The number of imidazole rings is 1. The number of ether oxygens (including phenoxy) is 1.